The summed E-state index contributed by atoms with van der Waals surface area (Å²) in [6, 6.07) is 9.00. The SMILES string of the molecule is S=c1cc[nH]c(-c2cc(Cl)ccc2Cl)c1. The van der Waals surface area contributed by atoms with Crippen LogP contribution in [0.25, 0.3) is 11.3 Å². The van der Waals surface area contributed by atoms with Crippen LogP contribution in [0.4, 0.5) is 0 Å². The number of halogens is 2. The topological polar surface area (TPSA) is 15.8 Å². The van der Waals surface area contributed by atoms with Gasteiger partial charge in [0.25, 0.3) is 0 Å². The van der Waals surface area contributed by atoms with Crippen molar-refractivity contribution in [2.45, 2.75) is 0 Å². The second-order valence-corrected chi connectivity index (χ2v) is 4.38. The maximum Gasteiger partial charge on any atom is 0.0500 e. The molecule has 1 N–H and O–H groups in total. The average molecular weight is 256 g/mol. The molecular weight excluding hydrogens is 249 g/mol. The van der Waals surface area contributed by atoms with Crippen LogP contribution in [0.3, 0.4) is 0 Å². The van der Waals surface area contributed by atoms with Crippen LogP contribution in [0.1, 0.15) is 0 Å². The molecule has 0 saturated carbocycles. The molecule has 0 fully saturated rings. The molecule has 0 aliphatic heterocycles. The van der Waals surface area contributed by atoms with Crippen LogP contribution in [-0.4, -0.2) is 4.98 Å². The fraction of sp³-hybridized carbons (Fsp3) is 0. The molecule has 0 aliphatic rings. The quantitative estimate of drug-likeness (QED) is 0.730. The van der Waals surface area contributed by atoms with Gasteiger partial charge in [0.05, 0.1) is 0 Å². The summed E-state index contributed by atoms with van der Waals surface area (Å²) in [5.41, 5.74) is 1.73. The molecule has 0 unspecified atom stereocenters. The Bertz CT molecular complexity index is 548. The van der Waals surface area contributed by atoms with Crippen molar-refractivity contribution >= 4 is 35.4 Å². The van der Waals surface area contributed by atoms with E-state index in [9.17, 15) is 0 Å². The molecule has 76 valence electrons. The zero-order chi connectivity index (χ0) is 10.8. The zero-order valence-corrected chi connectivity index (χ0v) is 9.96. The number of hydrogen-bond donors (Lipinski definition) is 1. The van der Waals surface area contributed by atoms with Crippen molar-refractivity contribution in [2.24, 2.45) is 0 Å². The van der Waals surface area contributed by atoms with Gasteiger partial charge in [-0.05, 0) is 30.3 Å². The number of benzene rings is 1. The summed E-state index contributed by atoms with van der Waals surface area (Å²) in [6.45, 7) is 0. The van der Waals surface area contributed by atoms with Gasteiger partial charge in [0.1, 0.15) is 0 Å². The molecule has 0 spiro atoms. The Labute approximate surface area is 103 Å². The number of aromatic amines is 1. The third-order valence-corrected chi connectivity index (χ3v) is 2.81. The average Bonchev–Trinajstić information content (AvgIpc) is 2.22. The highest BCUT2D eigenvalue weighted by molar-refractivity contribution is 7.71. The summed E-state index contributed by atoms with van der Waals surface area (Å²) < 4.78 is 0.764. The predicted molar refractivity (Wildman–Crippen MR) is 67.1 cm³/mol. The van der Waals surface area contributed by atoms with E-state index >= 15 is 0 Å². The smallest absolute Gasteiger partial charge is 0.0500 e. The van der Waals surface area contributed by atoms with Crippen LogP contribution < -0.4 is 0 Å². The summed E-state index contributed by atoms with van der Waals surface area (Å²) >= 11 is 17.1. The van der Waals surface area contributed by atoms with E-state index in [0.29, 0.717) is 10.0 Å². The van der Waals surface area contributed by atoms with E-state index in [4.69, 9.17) is 35.4 Å². The maximum atomic E-state index is 6.07. The molecule has 0 bridgehead atoms. The molecule has 1 aromatic carbocycles. The van der Waals surface area contributed by atoms with Gasteiger partial charge in [0, 0.05) is 32.0 Å². The molecule has 15 heavy (non-hydrogen) atoms. The Morgan fingerprint density at radius 1 is 1.07 bits per heavy atom. The van der Waals surface area contributed by atoms with Gasteiger partial charge in [0.15, 0.2) is 0 Å². The summed E-state index contributed by atoms with van der Waals surface area (Å²) in [6.07, 6.45) is 1.79. The van der Waals surface area contributed by atoms with Gasteiger partial charge >= 0.3 is 0 Å². The van der Waals surface area contributed by atoms with Crippen molar-refractivity contribution in [1.82, 2.24) is 4.98 Å². The van der Waals surface area contributed by atoms with Gasteiger partial charge in [-0.15, -0.1) is 0 Å². The van der Waals surface area contributed by atoms with Crippen molar-refractivity contribution < 1.29 is 0 Å². The molecule has 2 aromatic rings. The summed E-state index contributed by atoms with van der Waals surface area (Å²) in [4.78, 5) is 3.08. The second-order valence-electron chi connectivity index (χ2n) is 3.06. The zero-order valence-electron chi connectivity index (χ0n) is 7.63. The summed E-state index contributed by atoms with van der Waals surface area (Å²) in [7, 11) is 0. The standard InChI is InChI=1S/C11H7Cl2NS/c12-7-1-2-10(13)9(5-7)11-6-8(15)3-4-14-11/h1-6H,(H,14,15). The van der Waals surface area contributed by atoms with Crippen LogP contribution >= 0.6 is 35.4 Å². The minimum Gasteiger partial charge on any atom is -0.361 e. The van der Waals surface area contributed by atoms with E-state index in [1.54, 1.807) is 18.3 Å². The van der Waals surface area contributed by atoms with Crippen molar-refractivity contribution in [3.05, 3.63) is 51.1 Å². The second kappa shape index (κ2) is 4.35. The van der Waals surface area contributed by atoms with Crippen molar-refractivity contribution in [3.63, 3.8) is 0 Å². The lowest BCUT2D eigenvalue weighted by Crippen LogP contribution is -1.83. The summed E-state index contributed by atoms with van der Waals surface area (Å²) in [5.74, 6) is 0. The Hall–Kier alpha value is -0.830. The van der Waals surface area contributed by atoms with Crippen LogP contribution in [-0.2, 0) is 0 Å². The first-order valence-electron chi connectivity index (χ1n) is 4.31. The Morgan fingerprint density at radius 3 is 2.60 bits per heavy atom. The number of hydrogen-bond acceptors (Lipinski definition) is 1. The highest BCUT2D eigenvalue weighted by Crippen LogP contribution is 2.28. The molecule has 1 aromatic heterocycles. The number of nitrogens with one attached hydrogen (secondary N) is 1. The number of pyridine rings is 1. The molecule has 0 aliphatic carbocycles. The van der Waals surface area contributed by atoms with E-state index in [0.717, 1.165) is 15.8 Å². The molecule has 0 saturated heterocycles. The normalized spacial score (nSPS) is 10.3. The molecule has 1 heterocycles. The van der Waals surface area contributed by atoms with E-state index < -0.39 is 0 Å². The molecule has 0 atom stereocenters. The fourth-order valence-corrected chi connectivity index (χ4v) is 1.88. The minimum absolute atomic E-state index is 0.649. The molecule has 2 rings (SSSR count). The fourth-order valence-electron chi connectivity index (χ4n) is 1.31. The first-order chi connectivity index (χ1) is 7.16. The van der Waals surface area contributed by atoms with E-state index in [1.807, 2.05) is 18.2 Å². The van der Waals surface area contributed by atoms with Crippen molar-refractivity contribution in [2.75, 3.05) is 0 Å². The van der Waals surface area contributed by atoms with E-state index in [2.05, 4.69) is 4.98 Å². The van der Waals surface area contributed by atoms with Crippen LogP contribution in [0.15, 0.2) is 36.5 Å². The third-order valence-electron chi connectivity index (χ3n) is 1.99. The van der Waals surface area contributed by atoms with Crippen molar-refractivity contribution in [1.29, 1.82) is 0 Å². The largest absolute Gasteiger partial charge is 0.361 e. The Balaban J connectivity index is 2.63. The lowest BCUT2D eigenvalue weighted by atomic mass is 10.1. The number of H-pyrrole nitrogens is 1. The molecule has 0 radical (unpaired) electrons. The molecule has 4 heteroatoms. The van der Waals surface area contributed by atoms with Crippen LogP contribution in [0.5, 0.6) is 0 Å². The minimum atomic E-state index is 0.649. The van der Waals surface area contributed by atoms with Crippen LogP contribution in [0.2, 0.25) is 10.0 Å². The van der Waals surface area contributed by atoms with Gasteiger partial charge in [0.2, 0.25) is 0 Å². The lowest BCUT2D eigenvalue weighted by Gasteiger charge is -2.04. The molecule has 1 nitrogen and oxygen atoms in total. The van der Waals surface area contributed by atoms with E-state index in [1.165, 1.54) is 0 Å². The first kappa shape index (κ1) is 10.7. The number of aromatic nitrogens is 1. The Kier molecular flexibility index (Phi) is 3.10. The van der Waals surface area contributed by atoms with Crippen LogP contribution in [0, 0.1) is 4.51 Å². The third kappa shape index (κ3) is 2.40. The predicted octanol–water partition coefficient (Wildman–Crippen LogP) is 4.72. The Morgan fingerprint density at radius 2 is 1.87 bits per heavy atom. The maximum absolute atomic E-state index is 6.07. The molecular formula is C11H7Cl2NS. The first-order valence-corrected chi connectivity index (χ1v) is 5.47. The van der Waals surface area contributed by atoms with Gasteiger partial charge in [-0.2, -0.15) is 0 Å². The molecule has 0 amide bonds. The van der Waals surface area contributed by atoms with Gasteiger partial charge in [-0.25, -0.2) is 0 Å². The monoisotopic (exact) mass is 255 g/mol. The van der Waals surface area contributed by atoms with Gasteiger partial charge < -0.3 is 4.98 Å². The van der Waals surface area contributed by atoms with E-state index in [-0.39, 0.29) is 0 Å². The number of rotatable bonds is 1. The van der Waals surface area contributed by atoms with Gasteiger partial charge in [-0.3, -0.25) is 0 Å². The summed E-state index contributed by atoms with van der Waals surface area (Å²) in [5, 5.41) is 1.30. The lowest BCUT2D eigenvalue weighted by molar-refractivity contribution is 1.32. The highest BCUT2D eigenvalue weighted by atomic mass is 35.5. The van der Waals surface area contributed by atoms with Gasteiger partial charge in [-0.1, -0.05) is 35.4 Å². The van der Waals surface area contributed by atoms with Crippen molar-refractivity contribution in [3.8, 4) is 11.3 Å². The highest BCUT2D eigenvalue weighted by Gasteiger charge is 2.04.